The maximum Gasteiger partial charge on any atom is 0.323 e. The van der Waals surface area contributed by atoms with Gasteiger partial charge in [0.25, 0.3) is 11.6 Å². The number of carbonyl (C=O) groups is 1. The van der Waals surface area contributed by atoms with Crippen LogP contribution >= 0.6 is 0 Å². The van der Waals surface area contributed by atoms with E-state index in [-0.39, 0.29) is 36.3 Å². The number of aliphatic hydroxyl groups excluding tert-OH is 1. The molecule has 10 nitrogen and oxygen atoms in total. The highest BCUT2D eigenvalue weighted by atomic mass is 16.6. The molecule has 2 aromatic rings. The van der Waals surface area contributed by atoms with Crippen LogP contribution in [-0.2, 0) is 6.61 Å². The van der Waals surface area contributed by atoms with Gasteiger partial charge in [0.05, 0.1) is 22.5 Å². The van der Waals surface area contributed by atoms with Crippen LogP contribution in [-0.4, -0.2) is 45.0 Å². The quantitative estimate of drug-likeness (QED) is 0.542. The molecule has 1 heterocycles. The lowest BCUT2D eigenvalue weighted by Crippen LogP contribution is -2.45. The lowest BCUT2D eigenvalue weighted by Gasteiger charge is -2.34. The minimum Gasteiger partial charge on any atom is -0.482 e. The highest BCUT2D eigenvalue weighted by Gasteiger charge is 2.33. The number of amides is 1. The van der Waals surface area contributed by atoms with Crippen molar-refractivity contribution in [2.75, 3.05) is 13.2 Å². The molecular weight excluding hydrogens is 394 g/mol. The van der Waals surface area contributed by atoms with Gasteiger partial charge in [-0.2, -0.15) is 0 Å². The van der Waals surface area contributed by atoms with Crippen LogP contribution < -0.4 is 4.74 Å². The Morgan fingerprint density at radius 3 is 2.47 bits per heavy atom. The number of hydrogen-bond acceptors (Lipinski definition) is 7. The zero-order valence-electron chi connectivity index (χ0n) is 16.1. The second-order valence-corrected chi connectivity index (χ2v) is 6.95. The first-order valence-electron chi connectivity index (χ1n) is 9.47. The third-order valence-corrected chi connectivity index (χ3v) is 5.05. The van der Waals surface area contributed by atoms with Crippen molar-refractivity contribution in [3.63, 3.8) is 0 Å². The number of carbonyl (C=O) groups excluding carboxylic acids is 1. The Morgan fingerprint density at radius 2 is 1.83 bits per heavy atom. The van der Waals surface area contributed by atoms with E-state index >= 15 is 0 Å². The number of ether oxygens (including phenoxy) is 1. The maximum absolute atomic E-state index is 13.0. The Hall–Kier alpha value is -3.53. The average Bonchev–Trinajstić information content (AvgIpc) is 2.76. The van der Waals surface area contributed by atoms with Gasteiger partial charge in [-0.05, 0) is 49.1 Å². The molecule has 0 aromatic heterocycles. The molecule has 10 heteroatoms. The first-order chi connectivity index (χ1) is 14.4. The Labute approximate surface area is 172 Å². The normalized spacial score (nSPS) is 16.2. The SMILES string of the molecule is O=C(c1cccc(OCc2ccc([N+](=O)[O-])cc2)c1[N+](=O)[O-])N1CCCCC1CO. The molecular formula is C20H21N3O7. The number of nitrogens with zero attached hydrogens (tertiary/aromatic N) is 3. The van der Waals surface area contributed by atoms with Crippen LogP contribution in [0.5, 0.6) is 5.75 Å². The summed E-state index contributed by atoms with van der Waals surface area (Å²) in [6.45, 7) is 0.171. The second-order valence-electron chi connectivity index (χ2n) is 6.95. The minimum atomic E-state index is -0.656. The second kappa shape index (κ2) is 9.31. The number of hydrogen-bond donors (Lipinski definition) is 1. The molecule has 1 aliphatic heterocycles. The van der Waals surface area contributed by atoms with Gasteiger partial charge in [-0.15, -0.1) is 0 Å². The number of piperidine rings is 1. The molecule has 0 radical (unpaired) electrons. The molecule has 1 aliphatic rings. The van der Waals surface area contributed by atoms with Gasteiger partial charge in [0, 0.05) is 18.7 Å². The van der Waals surface area contributed by atoms with Gasteiger partial charge in [-0.3, -0.25) is 25.0 Å². The number of aliphatic hydroxyl groups is 1. The van der Waals surface area contributed by atoms with Crippen molar-refractivity contribution in [1.82, 2.24) is 4.90 Å². The summed E-state index contributed by atoms with van der Waals surface area (Å²) in [6.07, 6.45) is 2.30. The lowest BCUT2D eigenvalue weighted by atomic mass is 10.0. The largest absolute Gasteiger partial charge is 0.482 e. The van der Waals surface area contributed by atoms with E-state index in [0.717, 1.165) is 12.8 Å². The number of nitro groups is 2. The third kappa shape index (κ3) is 4.54. The standard InChI is InChI=1S/C20H21N3O7/c24-12-16-4-1-2-11-21(16)20(25)17-5-3-6-18(19(17)23(28)29)30-13-14-7-9-15(10-8-14)22(26)27/h3,5-10,16,24H,1-2,4,11-13H2. The van der Waals surface area contributed by atoms with Gasteiger partial charge in [-0.25, -0.2) is 0 Å². The minimum absolute atomic E-state index is 0.0561. The number of para-hydroxylation sites is 1. The highest BCUT2D eigenvalue weighted by molar-refractivity contribution is 5.99. The smallest absolute Gasteiger partial charge is 0.323 e. The topological polar surface area (TPSA) is 136 Å². The predicted molar refractivity (Wildman–Crippen MR) is 106 cm³/mol. The summed E-state index contributed by atoms with van der Waals surface area (Å²) in [5.74, 6) is -0.581. The summed E-state index contributed by atoms with van der Waals surface area (Å²) in [7, 11) is 0. The van der Waals surface area contributed by atoms with Gasteiger partial charge in [-0.1, -0.05) is 6.07 Å². The molecule has 1 atom stereocenters. The van der Waals surface area contributed by atoms with Gasteiger partial charge in [0.15, 0.2) is 5.75 Å². The zero-order chi connectivity index (χ0) is 21.7. The van der Waals surface area contributed by atoms with Crippen LogP contribution in [0, 0.1) is 20.2 Å². The number of nitro benzene ring substituents is 2. The number of benzene rings is 2. The molecule has 158 valence electrons. The average molecular weight is 415 g/mol. The predicted octanol–water partition coefficient (Wildman–Crippen LogP) is 3.07. The molecule has 0 bridgehead atoms. The fourth-order valence-corrected chi connectivity index (χ4v) is 3.49. The number of likely N-dealkylation sites (tertiary alicyclic amines) is 1. The Bertz CT molecular complexity index is 946. The van der Waals surface area contributed by atoms with E-state index < -0.39 is 21.4 Å². The summed E-state index contributed by atoms with van der Waals surface area (Å²) < 4.78 is 5.58. The van der Waals surface area contributed by atoms with Gasteiger partial charge in [0.2, 0.25) is 0 Å². The highest BCUT2D eigenvalue weighted by Crippen LogP contribution is 2.33. The molecule has 1 unspecified atom stereocenters. The van der Waals surface area contributed by atoms with Crippen LogP contribution in [0.4, 0.5) is 11.4 Å². The molecule has 3 rings (SSSR count). The van der Waals surface area contributed by atoms with Crippen molar-refractivity contribution in [2.24, 2.45) is 0 Å². The van der Waals surface area contributed by atoms with E-state index in [1.807, 2.05) is 0 Å². The monoisotopic (exact) mass is 415 g/mol. The third-order valence-electron chi connectivity index (χ3n) is 5.05. The van der Waals surface area contributed by atoms with E-state index in [0.29, 0.717) is 18.5 Å². The molecule has 0 spiro atoms. The molecule has 1 fully saturated rings. The van der Waals surface area contributed by atoms with Crippen LogP contribution in [0.2, 0.25) is 0 Å². The number of rotatable bonds is 7. The van der Waals surface area contributed by atoms with Crippen molar-refractivity contribution in [3.8, 4) is 5.75 Å². The van der Waals surface area contributed by atoms with Crippen molar-refractivity contribution in [1.29, 1.82) is 0 Å². The van der Waals surface area contributed by atoms with E-state index in [9.17, 15) is 30.1 Å². The van der Waals surface area contributed by atoms with Crippen molar-refractivity contribution >= 4 is 17.3 Å². The summed E-state index contributed by atoms with van der Waals surface area (Å²) >= 11 is 0. The molecule has 1 saturated heterocycles. The zero-order valence-corrected chi connectivity index (χ0v) is 16.1. The van der Waals surface area contributed by atoms with Crippen LogP contribution in [0.1, 0.15) is 35.2 Å². The van der Waals surface area contributed by atoms with Crippen molar-refractivity contribution < 1.29 is 24.5 Å². The van der Waals surface area contributed by atoms with E-state index in [1.54, 1.807) is 0 Å². The molecule has 1 N–H and O–H groups in total. The van der Waals surface area contributed by atoms with Gasteiger partial charge in [0.1, 0.15) is 12.2 Å². The van der Waals surface area contributed by atoms with Gasteiger partial charge >= 0.3 is 5.69 Å². The Morgan fingerprint density at radius 1 is 1.10 bits per heavy atom. The maximum atomic E-state index is 13.0. The van der Waals surface area contributed by atoms with E-state index in [2.05, 4.69) is 0 Å². The van der Waals surface area contributed by atoms with Crippen molar-refractivity contribution in [2.45, 2.75) is 31.9 Å². The summed E-state index contributed by atoms with van der Waals surface area (Å²) in [4.78, 5) is 35.8. The van der Waals surface area contributed by atoms with Crippen molar-refractivity contribution in [3.05, 3.63) is 73.8 Å². The summed E-state index contributed by atoms with van der Waals surface area (Å²) in [5.41, 5.74) is -0.0199. The van der Waals surface area contributed by atoms with Gasteiger partial charge < -0.3 is 14.7 Å². The molecule has 0 saturated carbocycles. The van der Waals surface area contributed by atoms with Crippen LogP contribution in [0.25, 0.3) is 0 Å². The van der Waals surface area contributed by atoms with E-state index in [1.165, 1.54) is 47.4 Å². The lowest BCUT2D eigenvalue weighted by molar-refractivity contribution is -0.386. The van der Waals surface area contributed by atoms with Crippen LogP contribution in [0.15, 0.2) is 42.5 Å². The summed E-state index contributed by atoms with van der Waals surface area (Å²) in [5, 5.41) is 32.0. The Balaban J connectivity index is 1.84. The Kier molecular flexibility index (Phi) is 6.58. The molecule has 30 heavy (non-hydrogen) atoms. The summed E-state index contributed by atoms with van der Waals surface area (Å²) in [6, 6.07) is 9.55. The fraction of sp³-hybridized carbons (Fsp3) is 0.350. The first kappa shape index (κ1) is 21.2. The molecule has 2 aromatic carbocycles. The first-order valence-corrected chi connectivity index (χ1v) is 9.47. The number of non-ortho nitro benzene ring substituents is 1. The molecule has 0 aliphatic carbocycles. The van der Waals surface area contributed by atoms with E-state index in [4.69, 9.17) is 4.74 Å². The van der Waals surface area contributed by atoms with Crippen LogP contribution in [0.3, 0.4) is 0 Å². The molecule has 1 amide bonds. The fourth-order valence-electron chi connectivity index (χ4n) is 3.49.